The number of H-pyrrole nitrogens is 1. The number of carbonyl (C=O) groups excluding carboxylic acids is 1. The predicted octanol–water partition coefficient (Wildman–Crippen LogP) is 4.23. The molecular formula is C19H22F3N3O2. The van der Waals surface area contributed by atoms with Crippen molar-refractivity contribution < 1.29 is 22.4 Å². The van der Waals surface area contributed by atoms with Crippen molar-refractivity contribution in [1.29, 1.82) is 0 Å². The minimum absolute atomic E-state index is 0.0698. The van der Waals surface area contributed by atoms with Gasteiger partial charge in [-0.25, -0.2) is 0 Å². The lowest BCUT2D eigenvalue weighted by molar-refractivity contribution is -0.141. The molecule has 2 aromatic heterocycles. The smallest absolute Gasteiger partial charge is 0.435 e. The van der Waals surface area contributed by atoms with Crippen LogP contribution in [0.15, 0.2) is 10.5 Å². The molecule has 0 spiro atoms. The molecule has 1 aliphatic heterocycles. The number of nitrogens with zero attached hydrogens (tertiary/aromatic N) is 2. The summed E-state index contributed by atoms with van der Waals surface area (Å²) in [5, 5.41) is 5.90. The summed E-state index contributed by atoms with van der Waals surface area (Å²) in [6.45, 7) is 2.81. The van der Waals surface area contributed by atoms with Crippen molar-refractivity contribution in [3.63, 3.8) is 0 Å². The molecule has 2 aliphatic rings. The van der Waals surface area contributed by atoms with Crippen molar-refractivity contribution in [3.8, 4) is 0 Å². The normalized spacial score (nSPS) is 20.6. The minimum Gasteiger partial charge on any atom is -0.465 e. The summed E-state index contributed by atoms with van der Waals surface area (Å²) in [7, 11) is 0. The molecule has 4 rings (SSSR count). The summed E-state index contributed by atoms with van der Waals surface area (Å²) < 4.78 is 44.2. The summed E-state index contributed by atoms with van der Waals surface area (Å²) in [5.74, 6) is 1.32. The van der Waals surface area contributed by atoms with Crippen LogP contribution in [0, 0.1) is 6.92 Å². The van der Waals surface area contributed by atoms with E-state index in [-0.39, 0.29) is 11.8 Å². The summed E-state index contributed by atoms with van der Waals surface area (Å²) in [4.78, 5) is 14.9. The number of aryl methyl sites for hydroxylation is 2. The Morgan fingerprint density at radius 2 is 2.07 bits per heavy atom. The molecule has 1 aliphatic carbocycles. The number of carbonyl (C=O) groups is 1. The van der Waals surface area contributed by atoms with Gasteiger partial charge < -0.3 is 9.32 Å². The van der Waals surface area contributed by atoms with E-state index in [1.165, 1.54) is 0 Å². The third-order valence-corrected chi connectivity index (χ3v) is 5.60. The first kappa shape index (κ1) is 18.1. The second-order valence-electron chi connectivity index (χ2n) is 7.44. The van der Waals surface area contributed by atoms with Gasteiger partial charge in [-0.1, -0.05) is 0 Å². The lowest BCUT2D eigenvalue weighted by Crippen LogP contribution is -2.39. The zero-order chi connectivity index (χ0) is 19.2. The van der Waals surface area contributed by atoms with Crippen LogP contribution in [-0.4, -0.2) is 34.1 Å². The van der Waals surface area contributed by atoms with Crippen LogP contribution in [0.4, 0.5) is 13.2 Å². The van der Waals surface area contributed by atoms with E-state index in [0.29, 0.717) is 30.1 Å². The van der Waals surface area contributed by atoms with E-state index in [1.807, 2.05) is 6.92 Å². The van der Waals surface area contributed by atoms with E-state index in [4.69, 9.17) is 4.42 Å². The third-order valence-electron chi connectivity index (χ3n) is 5.60. The van der Waals surface area contributed by atoms with E-state index in [2.05, 4.69) is 10.2 Å². The highest BCUT2D eigenvalue weighted by Gasteiger charge is 2.36. The van der Waals surface area contributed by atoms with Crippen molar-refractivity contribution in [2.24, 2.45) is 0 Å². The number of furan rings is 1. The number of amides is 1. The maximum absolute atomic E-state index is 13.2. The molecule has 8 heteroatoms. The maximum atomic E-state index is 13.2. The fraction of sp³-hybridized carbons (Fsp3) is 0.579. The molecule has 1 fully saturated rings. The Hall–Kier alpha value is -2.25. The number of piperidine rings is 1. The van der Waals surface area contributed by atoms with Crippen molar-refractivity contribution in [1.82, 2.24) is 15.1 Å². The van der Waals surface area contributed by atoms with E-state index in [0.717, 1.165) is 55.9 Å². The molecular weight excluding hydrogens is 359 g/mol. The van der Waals surface area contributed by atoms with Crippen LogP contribution in [0.2, 0.25) is 0 Å². The van der Waals surface area contributed by atoms with Gasteiger partial charge in [-0.15, -0.1) is 0 Å². The van der Waals surface area contributed by atoms with E-state index < -0.39 is 11.9 Å². The number of alkyl halides is 3. The molecule has 1 atom stereocenters. The van der Waals surface area contributed by atoms with Crippen molar-refractivity contribution >= 4 is 5.91 Å². The number of halogens is 3. The minimum atomic E-state index is -4.47. The zero-order valence-corrected chi connectivity index (χ0v) is 15.2. The fourth-order valence-corrected chi connectivity index (χ4v) is 4.25. The Balaban J connectivity index is 1.54. The molecule has 1 amide bonds. The van der Waals surface area contributed by atoms with Crippen LogP contribution in [-0.2, 0) is 19.0 Å². The Bertz CT molecular complexity index is 853. The molecule has 1 N–H and O–H groups in total. The summed E-state index contributed by atoms with van der Waals surface area (Å²) in [6, 6.07) is 1.06. The number of hydrogen-bond acceptors (Lipinski definition) is 3. The van der Waals surface area contributed by atoms with Crippen LogP contribution in [0.25, 0.3) is 0 Å². The molecule has 146 valence electrons. The van der Waals surface area contributed by atoms with Gasteiger partial charge in [-0.2, -0.15) is 18.3 Å². The number of fused-ring (bicyclic) bond motifs is 1. The Labute approximate surface area is 154 Å². The van der Waals surface area contributed by atoms with Gasteiger partial charge in [-0.3, -0.25) is 9.89 Å². The Morgan fingerprint density at radius 1 is 1.30 bits per heavy atom. The van der Waals surface area contributed by atoms with E-state index in [1.54, 1.807) is 4.90 Å². The standard InChI is InChI=1S/C19H22F3N3O2/c1-11-17(13-6-2-3-7-15(13)27-11)18(26)25-8-4-5-12(10-25)14-9-16(24-23-14)19(20,21)22/h9,12H,2-8,10H2,1H3,(H,23,24). The molecule has 0 aromatic carbocycles. The first-order chi connectivity index (χ1) is 12.8. The first-order valence-electron chi connectivity index (χ1n) is 9.37. The number of likely N-dealkylation sites (tertiary alicyclic amines) is 1. The van der Waals surface area contributed by atoms with Crippen LogP contribution < -0.4 is 0 Å². The van der Waals surface area contributed by atoms with Crippen molar-refractivity contribution in [2.75, 3.05) is 13.1 Å². The number of aromatic nitrogens is 2. The average Bonchev–Trinajstić information content (AvgIpc) is 3.25. The third kappa shape index (κ3) is 3.37. The maximum Gasteiger partial charge on any atom is 0.435 e. The van der Waals surface area contributed by atoms with Crippen LogP contribution in [0.3, 0.4) is 0 Å². The largest absolute Gasteiger partial charge is 0.465 e. The molecule has 2 aromatic rings. The average molecular weight is 381 g/mol. The van der Waals surface area contributed by atoms with Gasteiger partial charge in [0.05, 0.1) is 5.56 Å². The fourth-order valence-electron chi connectivity index (χ4n) is 4.25. The first-order valence-corrected chi connectivity index (χ1v) is 9.37. The van der Waals surface area contributed by atoms with Gasteiger partial charge in [0.25, 0.3) is 5.91 Å². The lowest BCUT2D eigenvalue weighted by Gasteiger charge is -2.32. The van der Waals surface area contributed by atoms with Gasteiger partial charge in [0, 0.05) is 36.7 Å². The Morgan fingerprint density at radius 3 is 2.81 bits per heavy atom. The van der Waals surface area contributed by atoms with Crippen LogP contribution in [0.5, 0.6) is 0 Å². The van der Waals surface area contributed by atoms with Crippen LogP contribution in [0.1, 0.15) is 70.4 Å². The monoisotopic (exact) mass is 381 g/mol. The van der Waals surface area contributed by atoms with Crippen molar-refractivity contribution in [2.45, 2.75) is 57.5 Å². The Kier molecular flexibility index (Phi) is 4.52. The quantitative estimate of drug-likeness (QED) is 0.847. The summed E-state index contributed by atoms with van der Waals surface area (Å²) in [6.07, 6.45) is 0.832. The second kappa shape index (κ2) is 6.73. The zero-order valence-electron chi connectivity index (χ0n) is 15.2. The van der Waals surface area contributed by atoms with Gasteiger partial charge in [0.2, 0.25) is 0 Å². The highest BCUT2D eigenvalue weighted by atomic mass is 19.4. The highest BCUT2D eigenvalue weighted by Crippen LogP contribution is 2.34. The lowest BCUT2D eigenvalue weighted by atomic mass is 9.91. The summed E-state index contributed by atoms with van der Waals surface area (Å²) in [5.41, 5.74) is 1.20. The number of nitrogens with one attached hydrogen (secondary N) is 1. The van der Waals surface area contributed by atoms with Crippen molar-refractivity contribution in [3.05, 3.63) is 40.1 Å². The number of hydrogen-bond donors (Lipinski definition) is 1. The van der Waals surface area contributed by atoms with Gasteiger partial charge in [-0.05, 0) is 45.1 Å². The molecule has 0 saturated carbocycles. The molecule has 27 heavy (non-hydrogen) atoms. The van der Waals surface area contributed by atoms with E-state index >= 15 is 0 Å². The molecule has 5 nitrogen and oxygen atoms in total. The predicted molar refractivity (Wildman–Crippen MR) is 91.6 cm³/mol. The van der Waals surface area contributed by atoms with Crippen LogP contribution >= 0.6 is 0 Å². The molecule has 1 unspecified atom stereocenters. The second-order valence-corrected chi connectivity index (χ2v) is 7.44. The molecule has 3 heterocycles. The molecule has 0 bridgehead atoms. The van der Waals surface area contributed by atoms with E-state index in [9.17, 15) is 18.0 Å². The number of aromatic amines is 1. The molecule has 1 saturated heterocycles. The van der Waals surface area contributed by atoms with Gasteiger partial charge >= 0.3 is 6.18 Å². The highest BCUT2D eigenvalue weighted by molar-refractivity contribution is 5.97. The number of rotatable bonds is 2. The SMILES string of the molecule is Cc1oc2c(c1C(=O)N1CCCC(c3cc(C(F)(F)F)n[nH]3)C1)CCCC2. The summed E-state index contributed by atoms with van der Waals surface area (Å²) >= 11 is 0. The topological polar surface area (TPSA) is 62.1 Å². The van der Waals surface area contributed by atoms with Gasteiger partial charge in [0.15, 0.2) is 5.69 Å². The molecule has 0 radical (unpaired) electrons. The van der Waals surface area contributed by atoms with Gasteiger partial charge in [0.1, 0.15) is 11.5 Å².